The zero-order valence-corrected chi connectivity index (χ0v) is 13.7. The summed E-state index contributed by atoms with van der Waals surface area (Å²) in [6, 6.07) is 2.89. The summed E-state index contributed by atoms with van der Waals surface area (Å²) in [6.07, 6.45) is 2.14. The van der Waals surface area contributed by atoms with Crippen molar-refractivity contribution < 1.29 is 18.3 Å². The molecule has 0 spiro atoms. The number of rotatable bonds is 7. The molecule has 0 aromatic heterocycles. The molecule has 1 aliphatic rings. The number of benzene rings is 1. The molecule has 1 saturated carbocycles. The molecule has 118 valence electrons. The Labute approximate surface area is 130 Å². The van der Waals surface area contributed by atoms with Crippen molar-refractivity contribution >= 4 is 21.6 Å². The van der Waals surface area contributed by atoms with Gasteiger partial charge in [-0.3, -0.25) is 0 Å². The number of hydrogen-bond donors (Lipinski definition) is 1. The van der Waals surface area contributed by atoms with Gasteiger partial charge in [-0.1, -0.05) is 18.5 Å². The summed E-state index contributed by atoms with van der Waals surface area (Å²) < 4.78 is 32.3. The maximum absolute atomic E-state index is 12.8. The fourth-order valence-corrected chi connectivity index (χ4v) is 4.34. The number of ether oxygens (including phenoxy) is 1. The SMILES string of the molecule is CCN(CC1CC1)S(=O)(=O)c1cc(Cl)cc(CO)c1OC. The van der Waals surface area contributed by atoms with Gasteiger partial charge >= 0.3 is 0 Å². The maximum Gasteiger partial charge on any atom is 0.246 e. The summed E-state index contributed by atoms with van der Waals surface area (Å²) in [5.74, 6) is 0.610. The van der Waals surface area contributed by atoms with Crippen molar-refractivity contribution in [1.29, 1.82) is 0 Å². The molecule has 1 aliphatic carbocycles. The minimum atomic E-state index is -3.69. The molecule has 0 radical (unpaired) electrons. The lowest BCUT2D eigenvalue weighted by Gasteiger charge is -2.22. The lowest BCUT2D eigenvalue weighted by atomic mass is 10.2. The van der Waals surface area contributed by atoms with Crippen LogP contribution in [0, 0.1) is 5.92 Å². The lowest BCUT2D eigenvalue weighted by Crippen LogP contribution is -2.33. The third-order valence-corrected chi connectivity index (χ3v) is 5.76. The number of hydrogen-bond acceptors (Lipinski definition) is 4. The van der Waals surface area contributed by atoms with E-state index in [-0.39, 0.29) is 22.3 Å². The van der Waals surface area contributed by atoms with Crippen LogP contribution in [0.4, 0.5) is 0 Å². The average molecular weight is 334 g/mol. The van der Waals surface area contributed by atoms with E-state index in [4.69, 9.17) is 16.3 Å². The predicted molar refractivity (Wildman–Crippen MR) is 81.1 cm³/mol. The highest BCUT2D eigenvalue weighted by atomic mass is 35.5. The van der Waals surface area contributed by atoms with Gasteiger partial charge in [-0.05, 0) is 30.9 Å². The number of sulfonamides is 1. The Balaban J connectivity index is 2.49. The van der Waals surface area contributed by atoms with E-state index in [2.05, 4.69) is 0 Å². The van der Waals surface area contributed by atoms with E-state index < -0.39 is 10.0 Å². The molecule has 5 nitrogen and oxygen atoms in total. The van der Waals surface area contributed by atoms with E-state index in [0.29, 0.717) is 24.6 Å². The van der Waals surface area contributed by atoms with Crippen LogP contribution in [0.3, 0.4) is 0 Å². The van der Waals surface area contributed by atoms with Crippen molar-refractivity contribution in [2.45, 2.75) is 31.3 Å². The number of halogens is 1. The Bertz CT molecular complexity index is 614. The molecule has 0 heterocycles. The van der Waals surface area contributed by atoms with Crippen LogP contribution in [0.2, 0.25) is 5.02 Å². The Hall–Kier alpha value is -0.820. The van der Waals surface area contributed by atoms with E-state index in [9.17, 15) is 13.5 Å². The molecule has 0 atom stereocenters. The summed E-state index contributed by atoms with van der Waals surface area (Å²) in [4.78, 5) is 0.0176. The van der Waals surface area contributed by atoms with Gasteiger partial charge in [0, 0.05) is 23.7 Å². The zero-order chi connectivity index (χ0) is 15.6. The van der Waals surface area contributed by atoms with Crippen molar-refractivity contribution in [3.63, 3.8) is 0 Å². The topological polar surface area (TPSA) is 66.8 Å². The monoisotopic (exact) mass is 333 g/mol. The highest BCUT2D eigenvalue weighted by Gasteiger charge is 2.33. The van der Waals surface area contributed by atoms with Crippen LogP contribution in [-0.4, -0.2) is 38.0 Å². The molecule has 0 amide bonds. The molecule has 21 heavy (non-hydrogen) atoms. The standard InChI is InChI=1S/C14H20ClNO4S/c1-3-16(8-10-4-5-10)21(18,19)13-7-12(15)6-11(9-17)14(13)20-2/h6-7,10,17H,3-5,8-9H2,1-2H3. The lowest BCUT2D eigenvalue weighted by molar-refractivity contribution is 0.272. The molecule has 1 N–H and O–H groups in total. The van der Waals surface area contributed by atoms with Crippen LogP contribution in [0.5, 0.6) is 5.75 Å². The molecular weight excluding hydrogens is 314 g/mol. The molecular formula is C14H20ClNO4S. The van der Waals surface area contributed by atoms with Crippen molar-refractivity contribution in [1.82, 2.24) is 4.31 Å². The minimum Gasteiger partial charge on any atom is -0.495 e. The number of aliphatic hydroxyl groups excluding tert-OH is 1. The quantitative estimate of drug-likeness (QED) is 0.831. The van der Waals surface area contributed by atoms with Gasteiger partial charge in [0.2, 0.25) is 10.0 Å². The third kappa shape index (κ3) is 3.51. The second-order valence-corrected chi connectivity index (χ2v) is 7.50. The van der Waals surface area contributed by atoms with Crippen LogP contribution in [0.25, 0.3) is 0 Å². The Morgan fingerprint density at radius 3 is 2.57 bits per heavy atom. The molecule has 2 rings (SSSR count). The first kappa shape index (κ1) is 16.5. The zero-order valence-electron chi connectivity index (χ0n) is 12.2. The normalized spacial score (nSPS) is 15.5. The predicted octanol–water partition coefficient (Wildman–Crippen LogP) is 2.26. The van der Waals surface area contributed by atoms with Crippen LogP contribution in [-0.2, 0) is 16.6 Å². The fraction of sp³-hybridized carbons (Fsp3) is 0.571. The van der Waals surface area contributed by atoms with Crippen LogP contribution >= 0.6 is 11.6 Å². The van der Waals surface area contributed by atoms with Gasteiger partial charge in [-0.15, -0.1) is 0 Å². The molecule has 1 aromatic rings. The second-order valence-electron chi connectivity index (χ2n) is 5.15. The van der Waals surface area contributed by atoms with Crippen LogP contribution < -0.4 is 4.74 Å². The molecule has 7 heteroatoms. The van der Waals surface area contributed by atoms with Crippen molar-refractivity contribution in [2.75, 3.05) is 20.2 Å². The van der Waals surface area contributed by atoms with Gasteiger partial charge < -0.3 is 9.84 Å². The largest absolute Gasteiger partial charge is 0.495 e. The Morgan fingerprint density at radius 1 is 1.43 bits per heavy atom. The van der Waals surface area contributed by atoms with Crippen molar-refractivity contribution in [2.24, 2.45) is 5.92 Å². The van der Waals surface area contributed by atoms with Gasteiger partial charge in [0.15, 0.2) is 0 Å². The molecule has 0 saturated heterocycles. The molecule has 0 aliphatic heterocycles. The molecule has 1 aromatic carbocycles. The van der Waals surface area contributed by atoms with E-state index in [1.54, 1.807) is 0 Å². The summed E-state index contributed by atoms with van der Waals surface area (Å²) >= 11 is 5.98. The first-order valence-electron chi connectivity index (χ1n) is 6.91. The number of nitrogens with zero attached hydrogens (tertiary/aromatic N) is 1. The van der Waals surface area contributed by atoms with Crippen molar-refractivity contribution in [3.05, 3.63) is 22.7 Å². The van der Waals surface area contributed by atoms with Crippen LogP contribution in [0.1, 0.15) is 25.3 Å². The third-order valence-electron chi connectivity index (χ3n) is 3.60. The van der Waals surface area contributed by atoms with Gasteiger partial charge in [-0.2, -0.15) is 4.31 Å². The Kier molecular flexibility index (Phi) is 5.14. The molecule has 0 unspecified atom stereocenters. The van der Waals surface area contributed by atoms with Crippen LogP contribution in [0.15, 0.2) is 17.0 Å². The minimum absolute atomic E-state index is 0.0176. The summed E-state index contributed by atoms with van der Waals surface area (Å²) in [7, 11) is -2.30. The first-order chi connectivity index (χ1) is 9.93. The highest BCUT2D eigenvalue weighted by Crippen LogP contribution is 2.36. The smallest absolute Gasteiger partial charge is 0.246 e. The van der Waals surface area contributed by atoms with E-state index in [1.807, 2.05) is 6.92 Å². The summed E-state index contributed by atoms with van der Waals surface area (Å²) in [5, 5.41) is 9.63. The fourth-order valence-electron chi connectivity index (χ4n) is 2.29. The van der Waals surface area contributed by atoms with E-state index in [1.165, 1.54) is 23.5 Å². The van der Waals surface area contributed by atoms with E-state index >= 15 is 0 Å². The molecule has 1 fully saturated rings. The van der Waals surface area contributed by atoms with E-state index in [0.717, 1.165) is 12.8 Å². The van der Waals surface area contributed by atoms with Gasteiger partial charge in [0.05, 0.1) is 13.7 Å². The summed E-state index contributed by atoms with van der Waals surface area (Å²) in [5.41, 5.74) is 0.367. The van der Waals surface area contributed by atoms with Gasteiger partial charge in [0.1, 0.15) is 10.6 Å². The first-order valence-corrected chi connectivity index (χ1v) is 8.73. The van der Waals surface area contributed by atoms with Gasteiger partial charge in [0.25, 0.3) is 0 Å². The highest BCUT2D eigenvalue weighted by molar-refractivity contribution is 7.89. The van der Waals surface area contributed by atoms with Crippen molar-refractivity contribution in [3.8, 4) is 5.75 Å². The summed E-state index contributed by atoms with van der Waals surface area (Å²) in [6.45, 7) is 2.39. The van der Waals surface area contributed by atoms with Gasteiger partial charge in [-0.25, -0.2) is 8.42 Å². The number of methoxy groups -OCH3 is 1. The maximum atomic E-state index is 12.8. The Morgan fingerprint density at radius 2 is 2.10 bits per heavy atom. The number of aliphatic hydroxyl groups is 1. The molecule has 0 bridgehead atoms. The second kappa shape index (κ2) is 6.52. The average Bonchev–Trinajstić information content (AvgIpc) is 3.27.